The van der Waals surface area contributed by atoms with E-state index in [1.165, 1.54) is 17.8 Å². The van der Waals surface area contributed by atoms with Crippen LogP contribution >= 0.6 is 11.8 Å². The molecule has 3 rings (SSSR count). The summed E-state index contributed by atoms with van der Waals surface area (Å²) in [4.78, 5) is 31.0. The first-order chi connectivity index (χ1) is 14.0. The summed E-state index contributed by atoms with van der Waals surface area (Å²) in [5, 5.41) is 9.34. The van der Waals surface area contributed by atoms with Crippen LogP contribution in [0.25, 0.3) is 0 Å². The van der Waals surface area contributed by atoms with Gasteiger partial charge in [-0.05, 0) is 6.42 Å². The van der Waals surface area contributed by atoms with E-state index in [0.717, 1.165) is 5.69 Å². The van der Waals surface area contributed by atoms with E-state index in [0.29, 0.717) is 30.8 Å². The summed E-state index contributed by atoms with van der Waals surface area (Å²) in [6, 6.07) is 9.03. The predicted octanol–water partition coefficient (Wildman–Crippen LogP) is 2.79. The Morgan fingerprint density at radius 3 is 2.79 bits per heavy atom. The third-order valence-electron chi connectivity index (χ3n) is 4.99. The minimum absolute atomic E-state index is 0.00115. The van der Waals surface area contributed by atoms with Crippen LogP contribution in [-0.4, -0.2) is 55.2 Å². The molecular formula is C21H25N3O4S. The molecule has 1 fully saturated rings. The van der Waals surface area contributed by atoms with Crippen molar-refractivity contribution in [1.29, 1.82) is 0 Å². The van der Waals surface area contributed by atoms with Gasteiger partial charge in [0.25, 0.3) is 0 Å². The molecule has 0 aliphatic carbocycles. The molecule has 1 aliphatic rings. The van der Waals surface area contributed by atoms with Crippen molar-refractivity contribution in [2.24, 2.45) is 7.05 Å². The minimum atomic E-state index is -0.408. The summed E-state index contributed by atoms with van der Waals surface area (Å²) in [6.45, 7) is 4.02. The van der Waals surface area contributed by atoms with Crippen LogP contribution in [0.4, 0.5) is 4.79 Å². The van der Waals surface area contributed by atoms with Crippen molar-refractivity contribution >= 4 is 23.0 Å². The Hall–Kier alpha value is -2.58. The Morgan fingerprint density at radius 1 is 1.38 bits per heavy atom. The van der Waals surface area contributed by atoms with E-state index in [1.54, 1.807) is 23.2 Å². The average Bonchev–Trinajstić information content (AvgIpc) is 3.30. The van der Waals surface area contributed by atoms with E-state index in [4.69, 9.17) is 4.74 Å². The molecule has 1 aromatic heterocycles. The molecule has 0 bridgehead atoms. The number of hydrogen-bond acceptors (Lipinski definition) is 6. The second-order valence-electron chi connectivity index (χ2n) is 6.89. The lowest BCUT2D eigenvalue weighted by Gasteiger charge is -2.23. The summed E-state index contributed by atoms with van der Waals surface area (Å²) >= 11 is 1.26. The Morgan fingerprint density at radius 2 is 2.14 bits per heavy atom. The van der Waals surface area contributed by atoms with Crippen molar-refractivity contribution in [3.63, 3.8) is 0 Å². The highest BCUT2D eigenvalue weighted by atomic mass is 32.2. The number of rotatable bonds is 7. The van der Waals surface area contributed by atoms with E-state index in [1.807, 2.05) is 29.8 Å². The topological polar surface area (TPSA) is 84.7 Å². The second-order valence-corrected chi connectivity index (χ2v) is 8.16. The molecule has 1 amide bonds. The molecule has 1 saturated heterocycles. The summed E-state index contributed by atoms with van der Waals surface area (Å²) in [5.74, 6) is 0.573. The summed E-state index contributed by atoms with van der Waals surface area (Å²) in [5.41, 5.74) is 1.57. The Balaban J connectivity index is 1.72. The maximum atomic E-state index is 12.6. The highest BCUT2D eigenvalue weighted by Gasteiger charge is 2.38. The zero-order valence-corrected chi connectivity index (χ0v) is 17.2. The number of amides is 1. The molecule has 1 aromatic carbocycles. The third-order valence-corrected chi connectivity index (χ3v) is 6.11. The number of carbonyl (C=O) groups excluding carboxylic acids is 2. The third kappa shape index (κ3) is 5.07. The molecule has 1 N–H and O–H groups in total. The van der Waals surface area contributed by atoms with Crippen molar-refractivity contribution in [3.8, 4) is 0 Å². The standard InChI is InChI=1S/C21H25N3O4S/c1-3-9-28-21(27)24-13-18(29-20(26)15-7-5-4-6-8-15)11-16(24)10-17-12-22-19(14-25)23(17)2/h3-8,12,16,18,25H,1,9-11,13-14H2,2H3/t16-,18+/m1/s1. The Labute approximate surface area is 174 Å². The molecule has 8 heteroatoms. The van der Waals surface area contributed by atoms with Crippen LogP contribution in [-0.2, 0) is 24.8 Å². The zero-order chi connectivity index (χ0) is 20.8. The second kappa shape index (κ2) is 9.76. The number of aliphatic hydroxyl groups excluding tert-OH is 1. The van der Waals surface area contributed by atoms with Gasteiger partial charge in [0, 0.05) is 48.8 Å². The number of likely N-dealkylation sites (tertiary alicyclic amines) is 1. The van der Waals surface area contributed by atoms with E-state index >= 15 is 0 Å². The van der Waals surface area contributed by atoms with Gasteiger partial charge in [0.2, 0.25) is 5.12 Å². The highest BCUT2D eigenvalue weighted by Crippen LogP contribution is 2.32. The van der Waals surface area contributed by atoms with Crippen LogP contribution in [0.2, 0.25) is 0 Å². The first-order valence-corrected chi connectivity index (χ1v) is 10.3. The lowest BCUT2D eigenvalue weighted by molar-refractivity contribution is 0.106. The molecule has 2 heterocycles. The number of imidazole rings is 1. The fourth-order valence-corrected chi connectivity index (χ4v) is 4.58. The largest absolute Gasteiger partial charge is 0.445 e. The van der Waals surface area contributed by atoms with Gasteiger partial charge in [-0.15, -0.1) is 0 Å². The number of hydrogen-bond donors (Lipinski definition) is 1. The number of ether oxygens (including phenoxy) is 1. The van der Waals surface area contributed by atoms with Crippen molar-refractivity contribution < 1.29 is 19.4 Å². The molecule has 154 valence electrons. The van der Waals surface area contributed by atoms with Crippen molar-refractivity contribution in [3.05, 3.63) is 66.3 Å². The molecule has 29 heavy (non-hydrogen) atoms. The summed E-state index contributed by atoms with van der Waals surface area (Å²) < 4.78 is 7.09. The fraction of sp³-hybridized carbons (Fsp3) is 0.381. The van der Waals surface area contributed by atoms with Crippen LogP contribution in [0, 0.1) is 0 Å². The quantitative estimate of drug-likeness (QED) is 0.700. The molecule has 0 radical (unpaired) electrons. The van der Waals surface area contributed by atoms with Crippen molar-refractivity contribution in [2.45, 2.75) is 30.7 Å². The maximum absolute atomic E-state index is 12.6. The van der Waals surface area contributed by atoms with Gasteiger partial charge in [-0.3, -0.25) is 4.79 Å². The molecule has 7 nitrogen and oxygen atoms in total. The Bertz CT molecular complexity index is 868. The number of aliphatic hydroxyl groups is 1. The normalized spacial score (nSPS) is 18.6. The lowest BCUT2D eigenvalue weighted by Crippen LogP contribution is -2.38. The van der Waals surface area contributed by atoms with Crippen LogP contribution < -0.4 is 0 Å². The van der Waals surface area contributed by atoms with Gasteiger partial charge in [0.15, 0.2) is 0 Å². The monoisotopic (exact) mass is 415 g/mol. The molecular weight excluding hydrogens is 390 g/mol. The van der Waals surface area contributed by atoms with Crippen LogP contribution in [0.5, 0.6) is 0 Å². The molecule has 2 atom stereocenters. The van der Waals surface area contributed by atoms with Gasteiger partial charge in [-0.25, -0.2) is 9.78 Å². The van der Waals surface area contributed by atoms with E-state index in [9.17, 15) is 14.7 Å². The number of thioether (sulfide) groups is 1. The lowest BCUT2D eigenvalue weighted by atomic mass is 10.1. The van der Waals surface area contributed by atoms with Crippen molar-refractivity contribution in [1.82, 2.24) is 14.5 Å². The van der Waals surface area contributed by atoms with Gasteiger partial charge in [0.1, 0.15) is 19.0 Å². The minimum Gasteiger partial charge on any atom is -0.445 e. The molecule has 0 spiro atoms. The first kappa shape index (κ1) is 21.1. The van der Waals surface area contributed by atoms with E-state index in [-0.39, 0.29) is 29.6 Å². The van der Waals surface area contributed by atoms with Crippen LogP contribution in [0.3, 0.4) is 0 Å². The zero-order valence-electron chi connectivity index (χ0n) is 16.4. The van der Waals surface area contributed by atoms with E-state index < -0.39 is 6.09 Å². The maximum Gasteiger partial charge on any atom is 0.410 e. The number of aromatic nitrogens is 2. The number of benzene rings is 1. The van der Waals surface area contributed by atoms with Gasteiger partial charge in [0.05, 0.1) is 0 Å². The molecule has 2 aromatic rings. The average molecular weight is 416 g/mol. The highest BCUT2D eigenvalue weighted by molar-refractivity contribution is 8.14. The van der Waals surface area contributed by atoms with Gasteiger partial charge < -0.3 is 19.3 Å². The summed E-state index contributed by atoms with van der Waals surface area (Å²) in [6.07, 6.45) is 4.08. The Kier molecular flexibility index (Phi) is 7.11. The SMILES string of the molecule is C=CCOC(=O)N1C[C@@H](SC(=O)c2ccccc2)C[C@H]1Cc1cnc(CO)n1C. The molecule has 1 aliphatic heterocycles. The fourth-order valence-electron chi connectivity index (χ4n) is 3.45. The molecule has 0 unspecified atom stereocenters. The van der Waals surface area contributed by atoms with Crippen LogP contribution in [0.15, 0.2) is 49.2 Å². The smallest absolute Gasteiger partial charge is 0.410 e. The first-order valence-electron chi connectivity index (χ1n) is 9.44. The van der Waals surface area contributed by atoms with Gasteiger partial charge in [-0.1, -0.05) is 54.7 Å². The number of carbonyl (C=O) groups is 2. The van der Waals surface area contributed by atoms with Crippen molar-refractivity contribution in [2.75, 3.05) is 13.2 Å². The molecule has 0 saturated carbocycles. The van der Waals surface area contributed by atoms with E-state index in [2.05, 4.69) is 11.6 Å². The predicted molar refractivity (Wildman–Crippen MR) is 112 cm³/mol. The van der Waals surface area contributed by atoms with Gasteiger partial charge >= 0.3 is 6.09 Å². The van der Waals surface area contributed by atoms with Crippen LogP contribution in [0.1, 0.15) is 28.3 Å². The van der Waals surface area contributed by atoms with Gasteiger partial charge in [-0.2, -0.15) is 0 Å². The summed E-state index contributed by atoms with van der Waals surface area (Å²) in [7, 11) is 1.84. The number of nitrogens with zero attached hydrogens (tertiary/aromatic N) is 3.